The van der Waals surface area contributed by atoms with Gasteiger partial charge in [-0.1, -0.05) is 28.1 Å². The van der Waals surface area contributed by atoms with Gasteiger partial charge in [0.1, 0.15) is 0 Å². The highest BCUT2D eigenvalue weighted by molar-refractivity contribution is 9.10. The molecule has 1 aromatic rings. The van der Waals surface area contributed by atoms with Gasteiger partial charge < -0.3 is 19.7 Å². The summed E-state index contributed by atoms with van der Waals surface area (Å²) >= 11 is 3.42. The summed E-state index contributed by atoms with van der Waals surface area (Å²) < 4.78 is 11.3. The molecule has 5 heteroatoms. The molecule has 0 radical (unpaired) electrons. The van der Waals surface area contributed by atoms with Crippen molar-refractivity contribution in [2.75, 3.05) is 40.1 Å². The average molecular weight is 347 g/mol. The van der Waals surface area contributed by atoms with Gasteiger partial charge >= 0.3 is 0 Å². The van der Waals surface area contributed by atoms with Crippen molar-refractivity contribution in [2.24, 2.45) is 0 Å². The zero-order valence-corrected chi connectivity index (χ0v) is 13.4. The van der Waals surface area contributed by atoms with E-state index in [-0.39, 0.29) is 13.2 Å². The van der Waals surface area contributed by atoms with Gasteiger partial charge in [-0.15, -0.1) is 0 Å². The first kappa shape index (κ1) is 17.6. The second-order valence-electron chi connectivity index (χ2n) is 4.82. The van der Waals surface area contributed by atoms with Crippen LogP contribution in [-0.2, 0) is 14.9 Å². The lowest BCUT2D eigenvalue weighted by Gasteiger charge is -2.30. The summed E-state index contributed by atoms with van der Waals surface area (Å²) in [6.07, 6.45) is 1.45. The number of hydrogen-bond acceptors (Lipinski definition) is 4. The Morgan fingerprint density at radius 1 is 1.15 bits per heavy atom. The molecule has 0 amide bonds. The molecule has 0 aliphatic heterocycles. The molecule has 0 atom stereocenters. The van der Waals surface area contributed by atoms with E-state index in [1.165, 1.54) is 0 Å². The van der Waals surface area contributed by atoms with Crippen LogP contribution in [0.5, 0.6) is 0 Å². The predicted molar refractivity (Wildman–Crippen MR) is 81.9 cm³/mol. The number of benzene rings is 1. The molecule has 2 N–H and O–H groups in total. The largest absolute Gasteiger partial charge is 0.395 e. The topological polar surface area (TPSA) is 58.9 Å². The monoisotopic (exact) mass is 346 g/mol. The van der Waals surface area contributed by atoms with Crippen molar-refractivity contribution in [1.29, 1.82) is 0 Å². The number of halogens is 1. The molecule has 0 saturated carbocycles. The van der Waals surface area contributed by atoms with Gasteiger partial charge in [0.15, 0.2) is 0 Å². The zero-order valence-electron chi connectivity index (χ0n) is 11.8. The van der Waals surface area contributed by atoms with Crippen molar-refractivity contribution in [3.63, 3.8) is 0 Å². The van der Waals surface area contributed by atoms with Crippen LogP contribution in [0.2, 0.25) is 0 Å². The summed E-state index contributed by atoms with van der Waals surface area (Å²) in [4.78, 5) is 0. The van der Waals surface area contributed by atoms with Gasteiger partial charge in [0, 0.05) is 23.6 Å². The molecule has 0 fully saturated rings. The number of methoxy groups -OCH3 is 1. The first-order valence-electron chi connectivity index (χ1n) is 6.73. The van der Waals surface area contributed by atoms with E-state index < -0.39 is 5.41 Å². The molecule has 0 saturated heterocycles. The van der Waals surface area contributed by atoms with Crippen molar-refractivity contribution in [3.8, 4) is 0 Å². The standard InChI is InChI=1S/C15H23BrO4/c1-19-8-9-20-7-3-6-15(11-17,12-18)13-4-2-5-14(16)10-13/h2,4-5,10,17-18H,3,6-9,11-12H2,1H3. The van der Waals surface area contributed by atoms with Crippen LogP contribution < -0.4 is 0 Å². The molecule has 0 aliphatic carbocycles. The van der Waals surface area contributed by atoms with Gasteiger partial charge in [-0.3, -0.25) is 0 Å². The summed E-state index contributed by atoms with van der Waals surface area (Å²) in [6.45, 7) is 1.57. The van der Waals surface area contributed by atoms with Crippen molar-refractivity contribution >= 4 is 15.9 Å². The molecular formula is C15H23BrO4. The SMILES string of the molecule is COCCOCCCC(CO)(CO)c1cccc(Br)c1. The highest BCUT2D eigenvalue weighted by atomic mass is 79.9. The lowest BCUT2D eigenvalue weighted by Crippen LogP contribution is -2.35. The third-order valence-corrected chi connectivity index (χ3v) is 3.91. The van der Waals surface area contributed by atoms with Crippen LogP contribution in [-0.4, -0.2) is 50.4 Å². The number of aliphatic hydroxyl groups excluding tert-OH is 2. The quantitative estimate of drug-likeness (QED) is 0.637. The molecule has 0 bridgehead atoms. The maximum atomic E-state index is 9.73. The fourth-order valence-electron chi connectivity index (χ4n) is 2.11. The van der Waals surface area contributed by atoms with Gasteiger partial charge in [0.2, 0.25) is 0 Å². The number of ether oxygens (including phenoxy) is 2. The Morgan fingerprint density at radius 2 is 1.90 bits per heavy atom. The molecule has 0 aromatic heterocycles. The molecule has 0 aliphatic rings. The van der Waals surface area contributed by atoms with Gasteiger partial charge in [-0.2, -0.15) is 0 Å². The van der Waals surface area contributed by atoms with Crippen LogP contribution >= 0.6 is 15.9 Å². The minimum atomic E-state index is -0.617. The van der Waals surface area contributed by atoms with Gasteiger partial charge in [-0.25, -0.2) is 0 Å². The lowest BCUT2D eigenvalue weighted by molar-refractivity contribution is 0.0571. The Labute approximate surface area is 128 Å². The Kier molecular flexibility index (Phi) is 8.33. The van der Waals surface area contributed by atoms with Crippen LogP contribution in [0.25, 0.3) is 0 Å². The van der Waals surface area contributed by atoms with E-state index in [2.05, 4.69) is 15.9 Å². The minimum Gasteiger partial charge on any atom is -0.395 e. The Hall–Kier alpha value is -0.460. The maximum Gasteiger partial charge on any atom is 0.0700 e. The molecule has 1 aromatic carbocycles. The Morgan fingerprint density at radius 3 is 2.50 bits per heavy atom. The molecular weight excluding hydrogens is 324 g/mol. The van der Waals surface area contributed by atoms with E-state index in [1.807, 2.05) is 24.3 Å². The first-order chi connectivity index (χ1) is 9.68. The van der Waals surface area contributed by atoms with Crippen molar-refractivity contribution in [1.82, 2.24) is 0 Å². The maximum absolute atomic E-state index is 9.73. The molecule has 0 heterocycles. The van der Waals surface area contributed by atoms with Crippen LogP contribution in [0, 0.1) is 0 Å². The van der Waals surface area contributed by atoms with Crippen molar-refractivity contribution in [2.45, 2.75) is 18.3 Å². The van der Waals surface area contributed by atoms with E-state index in [4.69, 9.17) is 9.47 Å². The Bertz CT molecular complexity index is 380. The summed E-state index contributed by atoms with van der Waals surface area (Å²) in [5.74, 6) is 0. The molecule has 0 spiro atoms. The summed E-state index contributed by atoms with van der Waals surface area (Å²) in [5, 5.41) is 19.5. The van der Waals surface area contributed by atoms with E-state index >= 15 is 0 Å². The summed E-state index contributed by atoms with van der Waals surface area (Å²) in [6, 6.07) is 7.71. The third kappa shape index (κ3) is 5.14. The molecule has 20 heavy (non-hydrogen) atoms. The van der Waals surface area contributed by atoms with Crippen LogP contribution in [0.1, 0.15) is 18.4 Å². The summed E-state index contributed by atoms with van der Waals surface area (Å²) in [5.41, 5.74) is 0.322. The molecule has 4 nitrogen and oxygen atoms in total. The second-order valence-corrected chi connectivity index (χ2v) is 5.73. The van der Waals surface area contributed by atoms with Crippen LogP contribution in [0.4, 0.5) is 0 Å². The zero-order chi connectivity index (χ0) is 14.8. The Balaban J connectivity index is 2.58. The van der Waals surface area contributed by atoms with Gasteiger partial charge in [-0.05, 0) is 30.5 Å². The highest BCUT2D eigenvalue weighted by Gasteiger charge is 2.30. The van der Waals surface area contributed by atoms with Crippen molar-refractivity contribution < 1.29 is 19.7 Å². The fraction of sp³-hybridized carbons (Fsp3) is 0.600. The normalized spacial score (nSPS) is 11.8. The van der Waals surface area contributed by atoms with Gasteiger partial charge in [0.05, 0.1) is 26.4 Å². The summed E-state index contributed by atoms with van der Waals surface area (Å²) in [7, 11) is 1.64. The molecule has 114 valence electrons. The first-order valence-corrected chi connectivity index (χ1v) is 7.52. The second kappa shape index (κ2) is 9.47. The molecule has 0 unspecified atom stereocenters. The lowest BCUT2D eigenvalue weighted by atomic mass is 9.78. The van der Waals surface area contributed by atoms with Gasteiger partial charge in [0.25, 0.3) is 0 Å². The van der Waals surface area contributed by atoms with Crippen LogP contribution in [0.3, 0.4) is 0 Å². The smallest absolute Gasteiger partial charge is 0.0700 e. The van der Waals surface area contributed by atoms with Crippen molar-refractivity contribution in [3.05, 3.63) is 34.3 Å². The fourth-order valence-corrected chi connectivity index (χ4v) is 2.51. The highest BCUT2D eigenvalue weighted by Crippen LogP contribution is 2.30. The number of rotatable bonds is 10. The third-order valence-electron chi connectivity index (χ3n) is 3.42. The van der Waals surface area contributed by atoms with E-state index in [9.17, 15) is 10.2 Å². The number of aliphatic hydroxyl groups is 2. The number of hydrogen-bond donors (Lipinski definition) is 2. The van der Waals surface area contributed by atoms with E-state index in [0.717, 1.165) is 16.5 Å². The molecule has 1 rings (SSSR count). The van der Waals surface area contributed by atoms with E-state index in [0.29, 0.717) is 26.2 Å². The van der Waals surface area contributed by atoms with Crippen LogP contribution in [0.15, 0.2) is 28.7 Å². The average Bonchev–Trinajstić information content (AvgIpc) is 2.47. The minimum absolute atomic E-state index is 0.0853. The van der Waals surface area contributed by atoms with E-state index in [1.54, 1.807) is 7.11 Å². The predicted octanol–water partition coefficient (Wildman–Crippen LogP) is 2.11.